The molecule has 9 heteroatoms. The van der Waals surface area contributed by atoms with Crippen molar-refractivity contribution in [3.05, 3.63) is 36.2 Å². The monoisotopic (exact) mass is 295 g/mol. The fourth-order valence-corrected chi connectivity index (χ4v) is 2.46. The summed E-state index contributed by atoms with van der Waals surface area (Å²) in [5.74, 6) is -0.599. The molecular weight excluding hydrogens is 282 g/mol. The first-order valence-corrected chi connectivity index (χ1v) is 7.01. The van der Waals surface area contributed by atoms with Gasteiger partial charge in [-0.2, -0.15) is 5.10 Å². The number of amides is 1. The van der Waals surface area contributed by atoms with E-state index >= 15 is 0 Å². The third-order valence-corrected chi connectivity index (χ3v) is 4.17. The van der Waals surface area contributed by atoms with Gasteiger partial charge in [0.2, 0.25) is 10.0 Å². The van der Waals surface area contributed by atoms with E-state index in [4.69, 9.17) is 11.5 Å². The lowest BCUT2D eigenvalue weighted by molar-refractivity contribution is 0.100. The molecule has 0 fully saturated rings. The van der Waals surface area contributed by atoms with E-state index in [9.17, 15) is 13.2 Å². The molecule has 2 rings (SSSR count). The van der Waals surface area contributed by atoms with Crippen molar-refractivity contribution < 1.29 is 13.2 Å². The molecule has 106 valence electrons. The number of carbonyl (C=O) groups is 1. The van der Waals surface area contributed by atoms with Crippen molar-refractivity contribution in [2.45, 2.75) is 4.90 Å². The van der Waals surface area contributed by atoms with E-state index in [0.29, 0.717) is 5.69 Å². The number of aromatic nitrogens is 2. The van der Waals surface area contributed by atoms with Crippen LogP contribution in [0, 0.1) is 0 Å². The number of primary amides is 1. The minimum absolute atomic E-state index is 0.0222. The molecule has 1 amide bonds. The zero-order chi connectivity index (χ0) is 14.9. The Bertz CT molecular complexity index is 766. The third-order valence-electron chi connectivity index (χ3n) is 2.68. The van der Waals surface area contributed by atoms with Crippen LogP contribution in [0.1, 0.15) is 10.4 Å². The van der Waals surface area contributed by atoms with Gasteiger partial charge >= 0.3 is 0 Å². The first kappa shape index (κ1) is 14.0. The molecule has 0 radical (unpaired) electrons. The van der Waals surface area contributed by atoms with E-state index in [1.165, 1.54) is 42.3 Å². The zero-order valence-electron chi connectivity index (χ0n) is 10.6. The molecule has 8 nitrogen and oxygen atoms in total. The molecule has 0 unspecified atom stereocenters. The van der Waals surface area contributed by atoms with Gasteiger partial charge in [-0.05, 0) is 25.2 Å². The van der Waals surface area contributed by atoms with E-state index in [-0.39, 0.29) is 16.1 Å². The Morgan fingerprint density at radius 3 is 2.60 bits per heavy atom. The van der Waals surface area contributed by atoms with E-state index in [0.717, 1.165) is 0 Å². The highest BCUT2D eigenvalue weighted by Crippen LogP contribution is 2.21. The number of sulfonamides is 1. The minimum Gasteiger partial charge on any atom is -0.398 e. The average molecular weight is 295 g/mol. The summed E-state index contributed by atoms with van der Waals surface area (Å²) in [4.78, 5) is 11.0. The second-order valence-corrected chi connectivity index (χ2v) is 5.82. The normalized spacial score (nSPS) is 11.4. The van der Waals surface area contributed by atoms with Crippen LogP contribution in [0.15, 0.2) is 35.5 Å². The van der Waals surface area contributed by atoms with Gasteiger partial charge in [0.1, 0.15) is 4.90 Å². The average Bonchev–Trinajstić information content (AvgIpc) is 2.88. The van der Waals surface area contributed by atoms with E-state index in [1.807, 2.05) is 0 Å². The molecule has 2 aromatic rings. The summed E-state index contributed by atoms with van der Waals surface area (Å²) in [6.07, 6.45) is 2.75. The van der Waals surface area contributed by atoms with Gasteiger partial charge in [0.15, 0.2) is 0 Å². The van der Waals surface area contributed by atoms with Gasteiger partial charge in [-0.15, -0.1) is 0 Å². The van der Waals surface area contributed by atoms with E-state index < -0.39 is 15.9 Å². The molecule has 0 spiro atoms. The Kier molecular flexibility index (Phi) is 3.47. The first-order valence-electron chi connectivity index (χ1n) is 5.53. The van der Waals surface area contributed by atoms with Crippen molar-refractivity contribution in [3.8, 4) is 5.69 Å². The van der Waals surface area contributed by atoms with Crippen LogP contribution in [0.3, 0.4) is 0 Å². The maximum atomic E-state index is 11.7. The third kappa shape index (κ3) is 2.49. The lowest BCUT2D eigenvalue weighted by Crippen LogP contribution is -2.20. The largest absolute Gasteiger partial charge is 0.398 e. The molecule has 20 heavy (non-hydrogen) atoms. The maximum absolute atomic E-state index is 11.7. The number of anilines is 1. The van der Waals surface area contributed by atoms with Crippen LogP contribution in [0.2, 0.25) is 0 Å². The minimum atomic E-state index is -3.61. The zero-order valence-corrected chi connectivity index (χ0v) is 11.4. The SMILES string of the molecule is CNS(=O)(=O)c1ccc(-n2cc(C(N)=O)cn2)cc1N. The molecule has 0 aliphatic carbocycles. The molecule has 0 saturated carbocycles. The first-order chi connectivity index (χ1) is 9.35. The predicted octanol–water partition coefficient (Wildman–Crippen LogP) is -0.538. The number of nitrogens with zero attached hydrogens (tertiary/aromatic N) is 2. The van der Waals surface area contributed by atoms with Crippen LogP contribution < -0.4 is 16.2 Å². The summed E-state index contributed by atoms with van der Waals surface area (Å²) in [5, 5.41) is 3.96. The Hall–Kier alpha value is -2.39. The maximum Gasteiger partial charge on any atom is 0.251 e. The summed E-state index contributed by atoms with van der Waals surface area (Å²) in [5.41, 5.74) is 11.7. The highest BCUT2D eigenvalue weighted by Gasteiger charge is 2.16. The lowest BCUT2D eigenvalue weighted by atomic mass is 10.3. The Balaban J connectivity index is 2.45. The second kappa shape index (κ2) is 4.94. The molecule has 1 aromatic heterocycles. The highest BCUT2D eigenvalue weighted by atomic mass is 32.2. The molecule has 0 bridgehead atoms. The van der Waals surface area contributed by atoms with Gasteiger partial charge in [-0.3, -0.25) is 4.79 Å². The molecule has 1 heterocycles. The number of benzene rings is 1. The van der Waals surface area contributed by atoms with Crippen LogP contribution in [0.25, 0.3) is 5.69 Å². The molecule has 5 N–H and O–H groups in total. The predicted molar refractivity (Wildman–Crippen MR) is 72.7 cm³/mol. The van der Waals surface area contributed by atoms with Crippen LogP contribution in [-0.4, -0.2) is 31.2 Å². The van der Waals surface area contributed by atoms with Crippen LogP contribution >= 0.6 is 0 Å². The summed E-state index contributed by atoms with van der Waals surface area (Å²) >= 11 is 0. The van der Waals surface area contributed by atoms with Crippen molar-refractivity contribution in [3.63, 3.8) is 0 Å². The molecule has 0 aliphatic rings. The fraction of sp³-hybridized carbons (Fsp3) is 0.0909. The molecule has 0 saturated heterocycles. The van der Waals surface area contributed by atoms with Crippen LogP contribution in [0.4, 0.5) is 5.69 Å². The topological polar surface area (TPSA) is 133 Å². The molecule has 0 aliphatic heterocycles. The standard InChI is InChI=1S/C11H13N5O3S/c1-14-20(18,19)10-3-2-8(4-9(10)12)16-6-7(5-15-16)11(13)17/h2-6,14H,12H2,1H3,(H2,13,17). The van der Waals surface area contributed by atoms with Gasteiger partial charge in [-0.1, -0.05) is 0 Å². The number of nitrogens with one attached hydrogen (secondary N) is 1. The summed E-state index contributed by atoms with van der Waals surface area (Å²) in [7, 11) is -2.31. The van der Waals surface area contributed by atoms with Crippen molar-refractivity contribution in [1.82, 2.24) is 14.5 Å². The van der Waals surface area contributed by atoms with E-state index in [1.54, 1.807) is 0 Å². The molecular formula is C11H13N5O3S. The number of nitrogen functional groups attached to an aromatic ring is 1. The van der Waals surface area contributed by atoms with Gasteiger partial charge in [0.05, 0.1) is 23.1 Å². The second-order valence-electron chi connectivity index (χ2n) is 3.97. The summed E-state index contributed by atoms with van der Waals surface area (Å²) < 4.78 is 26.9. The van der Waals surface area contributed by atoms with Crippen molar-refractivity contribution in [1.29, 1.82) is 0 Å². The number of rotatable bonds is 4. The van der Waals surface area contributed by atoms with E-state index in [2.05, 4.69) is 9.82 Å². The summed E-state index contributed by atoms with van der Waals surface area (Å²) in [6, 6.07) is 4.34. The Morgan fingerprint density at radius 1 is 1.40 bits per heavy atom. The van der Waals surface area contributed by atoms with Gasteiger partial charge < -0.3 is 11.5 Å². The molecule has 0 atom stereocenters. The Labute approximate surface area is 115 Å². The number of hydrogen-bond donors (Lipinski definition) is 3. The van der Waals surface area contributed by atoms with Crippen molar-refractivity contribution in [2.24, 2.45) is 5.73 Å². The van der Waals surface area contributed by atoms with Gasteiger partial charge in [0, 0.05) is 6.20 Å². The quantitative estimate of drug-likeness (QED) is 0.651. The number of nitrogens with two attached hydrogens (primary N) is 2. The van der Waals surface area contributed by atoms with Gasteiger partial charge in [-0.25, -0.2) is 17.8 Å². The molecule has 1 aromatic carbocycles. The number of carbonyl (C=O) groups excluding carboxylic acids is 1. The highest BCUT2D eigenvalue weighted by molar-refractivity contribution is 7.89. The smallest absolute Gasteiger partial charge is 0.251 e. The number of hydrogen-bond acceptors (Lipinski definition) is 5. The van der Waals surface area contributed by atoms with Crippen LogP contribution in [0.5, 0.6) is 0 Å². The fourth-order valence-electron chi connectivity index (χ4n) is 1.62. The lowest BCUT2D eigenvalue weighted by Gasteiger charge is -2.08. The summed E-state index contributed by atoms with van der Waals surface area (Å²) in [6.45, 7) is 0. The Morgan fingerprint density at radius 2 is 2.10 bits per heavy atom. The van der Waals surface area contributed by atoms with Gasteiger partial charge in [0.25, 0.3) is 5.91 Å². The van der Waals surface area contributed by atoms with Crippen LogP contribution in [-0.2, 0) is 10.0 Å². The van der Waals surface area contributed by atoms with Crippen molar-refractivity contribution >= 4 is 21.6 Å². The van der Waals surface area contributed by atoms with Crippen molar-refractivity contribution in [2.75, 3.05) is 12.8 Å².